The van der Waals surface area contributed by atoms with Crippen molar-refractivity contribution >= 4 is 0 Å². The van der Waals surface area contributed by atoms with E-state index in [1.807, 2.05) is 0 Å². The van der Waals surface area contributed by atoms with E-state index in [9.17, 15) is 0 Å². The van der Waals surface area contributed by atoms with E-state index in [2.05, 4.69) is 51.2 Å². The Morgan fingerprint density at radius 3 is 2.37 bits per heavy atom. The van der Waals surface area contributed by atoms with Crippen molar-refractivity contribution in [3.63, 3.8) is 0 Å². The predicted molar refractivity (Wildman–Crippen MR) is 83.6 cm³/mol. The lowest BCUT2D eigenvalue weighted by atomic mass is 9.89. The highest BCUT2D eigenvalue weighted by atomic mass is 14.9. The number of benzene rings is 1. The monoisotopic (exact) mass is 257 g/mol. The lowest BCUT2D eigenvalue weighted by Gasteiger charge is -2.25. The van der Waals surface area contributed by atoms with E-state index in [4.69, 9.17) is 0 Å². The molecule has 1 aliphatic carbocycles. The summed E-state index contributed by atoms with van der Waals surface area (Å²) >= 11 is 0. The second kappa shape index (κ2) is 6.38. The van der Waals surface area contributed by atoms with Crippen molar-refractivity contribution in [1.82, 2.24) is 5.32 Å². The molecule has 0 saturated heterocycles. The molecule has 1 aromatic rings. The normalized spacial score (nSPS) is 16.5. The molecule has 1 nitrogen and oxygen atoms in total. The van der Waals surface area contributed by atoms with Gasteiger partial charge in [0, 0.05) is 0 Å². The molecule has 0 bridgehead atoms. The van der Waals surface area contributed by atoms with Crippen LogP contribution in [0, 0.1) is 20.8 Å². The molecule has 0 saturated carbocycles. The first-order chi connectivity index (χ1) is 9.13. The van der Waals surface area contributed by atoms with Crippen LogP contribution in [0.4, 0.5) is 0 Å². The average Bonchev–Trinajstić information content (AvgIpc) is 2.85. The average molecular weight is 257 g/mol. The molecule has 0 aliphatic heterocycles. The summed E-state index contributed by atoms with van der Waals surface area (Å²) in [6.07, 6.45) is 7.47. The minimum atomic E-state index is 0.433. The molecule has 0 spiro atoms. The molecule has 1 unspecified atom stereocenters. The Kier molecular flexibility index (Phi) is 4.81. The first kappa shape index (κ1) is 14.3. The van der Waals surface area contributed by atoms with Gasteiger partial charge in [0.2, 0.25) is 0 Å². The highest BCUT2D eigenvalue weighted by Crippen LogP contribution is 2.34. The van der Waals surface area contributed by atoms with Gasteiger partial charge in [-0.2, -0.15) is 0 Å². The molecule has 0 fully saturated rings. The number of hydrogen-bond donors (Lipinski definition) is 1. The van der Waals surface area contributed by atoms with Gasteiger partial charge in [0.15, 0.2) is 0 Å². The molecule has 1 aliphatic rings. The van der Waals surface area contributed by atoms with Crippen LogP contribution in [0.3, 0.4) is 0 Å². The van der Waals surface area contributed by atoms with E-state index >= 15 is 0 Å². The summed E-state index contributed by atoms with van der Waals surface area (Å²) in [4.78, 5) is 0. The molecule has 104 valence electrons. The molecule has 1 atom stereocenters. The maximum Gasteiger partial charge on any atom is 0.0541 e. The molecular formula is C18H27N. The minimum absolute atomic E-state index is 0.433. The molecule has 1 N–H and O–H groups in total. The molecule has 1 aromatic carbocycles. The van der Waals surface area contributed by atoms with Gasteiger partial charge in [0.1, 0.15) is 0 Å². The third-order valence-corrected chi connectivity index (χ3v) is 4.07. The zero-order valence-corrected chi connectivity index (χ0v) is 12.8. The number of allylic oxidation sites excluding steroid dienone is 1. The summed E-state index contributed by atoms with van der Waals surface area (Å²) in [6.45, 7) is 10.0. The Balaban J connectivity index is 2.37. The molecule has 0 aromatic heterocycles. The first-order valence-corrected chi connectivity index (χ1v) is 7.63. The van der Waals surface area contributed by atoms with Crippen molar-refractivity contribution in [2.45, 2.75) is 59.4 Å². The third-order valence-electron chi connectivity index (χ3n) is 4.07. The second-order valence-corrected chi connectivity index (χ2v) is 5.87. The van der Waals surface area contributed by atoms with Crippen LogP contribution in [0.25, 0.3) is 0 Å². The number of rotatable bonds is 5. The zero-order chi connectivity index (χ0) is 13.8. The Morgan fingerprint density at radius 2 is 1.84 bits per heavy atom. The topological polar surface area (TPSA) is 12.0 Å². The number of hydrogen-bond acceptors (Lipinski definition) is 1. The van der Waals surface area contributed by atoms with Gasteiger partial charge in [-0.3, -0.25) is 0 Å². The third kappa shape index (κ3) is 3.27. The molecule has 0 heterocycles. The van der Waals surface area contributed by atoms with Crippen LogP contribution in [-0.4, -0.2) is 6.54 Å². The van der Waals surface area contributed by atoms with Gasteiger partial charge in [-0.15, -0.1) is 0 Å². The van der Waals surface area contributed by atoms with Crippen molar-refractivity contribution in [1.29, 1.82) is 0 Å². The van der Waals surface area contributed by atoms with Crippen molar-refractivity contribution in [2.24, 2.45) is 0 Å². The molecule has 19 heavy (non-hydrogen) atoms. The summed E-state index contributed by atoms with van der Waals surface area (Å²) in [5.74, 6) is 0. The smallest absolute Gasteiger partial charge is 0.0541 e. The molecule has 2 rings (SSSR count). The standard InChI is InChI=1S/C18H27N/c1-5-10-19-18(16-8-6-7-9-16)17-14(3)11-13(2)12-15(17)4/h8,11-12,18-19H,5-7,9-10H2,1-4H3. The van der Waals surface area contributed by atoms with Crippen LogP contribution < -0.4 is 5.32 Å². The van der Waals surface area contributed by atoms with Crippen molar-refractivity contribution < 1.29 is 0 Å². The Labute approximate surface area is 118 Å². The lowest BCUT2D eigenvalue weighted by molar-refractivity contribution is 0.574. The largest absolute Gasteiger partial charge is 0.307 e. The quantitative estimate of drug-likeness (QED) is 0.750. The van der Waals surface area contributed by atoms with Gasteiger partial charge in [0.05, 0.1) is 6.04 Å². The molecule has 0 amide bonds. The van der Waals surface area contributed by atoms with Crippen LogP contribution in [0.15, 0.2) is 23.8 Å². The van der Waals surface area contributed by atoms with Crippen LogP contribution in [0.1, 0.15) is 60.9 Å². The highest BCUT2D eigenvalue weighted by molar-refractivity contribution is 5.43. The second-order valence-electron chi connectivity index (χ2n) is 5.87. The molecule has 0 radical (unpaired) electrons. The maximum atomic E-state index is 3.76. The summed E-state index contributed by atoms with van der Waals surface area (Å²) in [5.41, 5.74) is 7.34. The highest BCUT2D eigenvalue weighted by Gasteiger charge is 2.21. The van der Waals surface area contributed by atoms with E-state index in [1.165, 1.54) is 47.9 Å². The fourth-order valence-electron chi connectivity index (χ4n) is 3.31. The fourth-order valence-corrected chi connectivity index (χ4v) is 3.31. The fraction of sp³-hybridized carbons (Fsp3) is 0.556. The SMILES string of the molecule is CCCNC(C1=CCCC1)c1c(C)cc(C)cc1C. The summed E-state index contributed by atoms with van der Waals surface area (Å²) in [6, 6.07) is 5.07. The van der Waals surface area contributed by atoms with E-state index in [1.54, 1.807) is 5.57 Å². The predicted octanol–water partition coefficient (Wildman–Crippen LogP) is 4.76. The van der Waals surface area contributed by atoms with Gasteiger partial charge in [0.25, 0.3) is 0 Å². The van der Waals surface area contributed by atoms with Gasteiger partial charge in [-0.25, -0.2) is 0 Å². The number of aryl methyl sites for hydroxylation is 3. The molecule has 1 heteroatoms. The zero-order valence-electron chi connectivity index (χ0n) is 12.8. The summed E-state index contributed by atoms with van der Waals surface area (Å²) < 4.78 is 0. The van der Waals surface area contributed by atoms with Crippen LogP contribution in [0.5, 0.6) is 0 Å². The van der Waals surface area contributed by atoms with Crippen molar-refractivity contribution in [3.8, 4) is 0 Å². The van der Waals surface area contributed by atoms with Crippen LogP contribution >= 0.6 is 0 Å². The van der Waals surface area contributed by atoms with Gasteiger partial charge in [-0.05, 0) is 69.7 Å². The van der Waals surface area contributed by atoms with Gasteiger partial charge in [-0.1, -0.05) is 36.3 Å². The van der Waals surface area contributed by atoms with E-state index in [0.717, 1.165) is 6.54 Å². The van der Waals surface area contributed by atoms with Gasteiger partial charge < -0.3 is 5.32 Å². The van der Waals surface area contributed by atoms with Crippen molar-refractivity contribution in [2.75, 3.05) is 6.54 Å². The Hall–Kier alpha value is -1.08. The Bertz CT molecular complexity index is 448. The molecular weight excluding hydrogens is 230 g/mol. The van der Waals surface area contributed by atoms with E-state index < -0.39 is 0 Å². The van der Waals surface area contributed by atoms with E-state index in [-0.39, 0.29) is 0 Å². The van der Waals surface area contributed by atoms with Crippen LogP contribution in [-0.2, 0) is 0 Å². The van der Waals surface area contributed by atoms with Crippen molar-refractivity contribution in [3.05, 3.63) is 46.0 Å². The van der Waals surface area contributed by atoms with Gasteiger partial charge >= 0.3 is 0 Å². The maximum absolute atomic E-state index is 3.76. The summed E-state index contributed by atoms with van der Waals surface area (Å²) in [5, 5.41) is 3.76. The Morgan fingerprint density at radius 1 is 1.16 bits per heavy atom. The number of nitrogens with one attached hydrogen (secondary N) is 1. The van der Waals surface area contributed by atoms with Crippen LogP contribution in [0.2, 0.25) is 0 Å². The van der Waals surface area contributed by atoms with E-state index in [0.29, 0.717) is 6.04 Å². The lowest BCUT2D eigenvalue weighted by Crippen LogP contribution is -2.25. The minimum Gasteiger partial charge on any atom is -0.307 e. The first-order valence-electron chi connectivity index (χ1n) is 7.63. The summed E-state index contributed by atoms with van der Waals surface area (Å²) in [7, 11) is 0.